The van der Waals surface area contributed by atoms with E-state index in [0.717, 1.165) is 18.9 Å². The molecular formula is C12H15BrF3N. The van der Waals surface area contributed by atoms with E-state index >= 15 is 0 Å². The van der Waals surface area contributed by atoms with Crippen LogP contribution in [0.4, 0.5) is 18.9 Å². The molecule has 0 amide bonds. The number of hydrogen-bond donors (Lipinski definition) is 1. The van der Waals surface area contributed by atoms with Gasteiger partial charge in [-0.05, 0) is 25.0 Å². The molecule has 96 valence electrons. The molecule has 5 heteroatoms. The lowest BCUT2D eigenvalue weighted by Crippen LogP contribution is -2.13. The lowest BCUT2D eigenvalue weighted by atomic mass is 10.1. The normalized spacial score (nSPS) is 13.5. The number of anilines is 1. The summed E-state index contributed by atoms with van der Waals surface area (Å²) in [5.41, 5.74) is -0.460. The van der Waals surface area contributed by atoms with Crippen molar-refractivity contribution in [3.05, 3.63) is 29.8 Å². The maximum Gasteiger partial charge on any atom is 0.418 e. The second-order valence-corrected chi connectivity index (χ2v) is 5.06. The third kappa shape index (κ3) is 4.58. The molecule has 0 radical (unpaired) electrons. The fraction of sp³-hybridized carbons (Fsp3) is 0.500. The number of alkyl halides is 4. The van der Waals surface area contributed by atoms with Crippen LogP contribution in [0.1, 0.15) is 25.3 Å². The number of nitrogens with one attached hydrogen (secondary N) is 1. The van der Waals surface area contributed by atoms with E-state index in [0.29, 0.717) is 11.4 Å². The minimum absolute atomic E-state index is 0.149. The molecule has 1 unspecified atom stereocenters. The zero-order chi connectivity index (χ0) is 12.9. The molecule has 1 nitrogen and oxygen atoms in total. The van der Waals surface area contributed by atoms with Gasteiger partial charge < -0.3 is 5.32 Å². The highest BCUT2D eigenvalue weighted by Gasteiger charge is 2.32. The summed E-state index contributed by atoms with van der Waals surface area (Å²) in [6, 6.07) is 5.54. The molecule has 1 aromatic rings. The fourth-order valence-corrected chi connectivity index (χ4v) is 1.68. The molecule has 1 atom stereocenters. The standard InChI is InChI=1S/C12H15BrF3N/c1-2-9(13)7-8-17-11-6-4-3-5-10(11)12(14,15)16/h3-6,9,17H,2,7-8H2,1H3. The summed E-state index contributed by atoms with van der Waals surface area (Å²) in [5, 5.41) is 2.84. The van der Waals surface area contributed by atoms with E-state index in [1.807, 2.05) is 6.92 Å². The van der Waals surface area contributed by atoms with Gasteiger partial charge in [-0.2, -0.15) is 13.2 Å². The van der Waals surface area contributed by atoms with Gasteiger partial charge in [0.15, 0.2) is 0 Å². The molecule has 17 heavy (non-hydrogen) atoms. The predicted octanol–water partition coefficient (Wildman–Crippen LogP) is 4.68. The van der Waals surface area contributed by atoms with Crippen molar-refractivity contribution >= 4 is 21.6 Å². The molecule has 0 bridgehead atoms. The topological polar surface area (TPSA) is 12.0 Å². The molecule has 0 saturated carbocycles. The van der Waals surface area contributed by atoms with Gasteiger partial charge in [-0.15, -0.1) is 0 Å². The summed E-state index contributed by atoms with van der Waals surface area (Å²) in [6.07, 6.45) is -2.55. The highest BCUT2D eigenvalue weighted by atomic mass is 79.9. The number of benzene rings is 1. The third-order valence-corrected chi connectivity index (χ3v) is 3.55. The van der Waals surface area contributed by atoms with Crippen LogP contribution < -0.4 is 5.32 Å². The van der Waals surface area contributed by atoms with Crippen molar-refractivity contribution in [2.75, 3.05) is 11.9 Å². The fourth-order valence-electron chi connectivity index (χ4n) is 1.45. The number of rotatable bonds is 5. The van der Waals surface area contributed by atoms with Crippen LogP contribution in [-0.4, -0.2) is 11.4 Å². The Bertz CT molecular complexity index is 352. The first kappa shape index (κ1) is 14.4. The summed E-state index contributed by atoms with van der Waals surface area (Å²) in [5.74, 6) is 0. The molecule has 1 N–H and O–H groups in total. The van der Waals surface area contributed by atoms with Crippen LogP contribution >= 0.6 is 15.9 Å². The third-order valence-electron chi connectivity index (χ3n) is 2.45. The Balaban J connectivity index is 2.65. The average molecular weight is 310 g/mol. The molecule has 0 aliphatic heterocycles. The Labute approximate surface area is 108 Å². The second kappa shape index (κ2) is 6.28. The second-order valence-electron chi connectivity index (χ2n) is 3.76. The van der Waals surface area contributed by atoms with Crippen molar-refractivity contribution < 1.29 is 13.2 Å². The van der Waals surface area contributed by atoms with Gasteiger partial charge in [-0.3, -0.25) is 0 Å². The highest BCUT2D eigenvalue weighted by Crippen LogP contribution is 2.34. The zero-order valence-corrected chi connectivity index (χ0v) is 11.1. The van der Waals surface area contributed by atoms with Gasteiger partial charge >= 0.3 is 6.18 Å². The molecule has 0 aliphatic carbocycles. The van der Waals surface area contributed by atoms with E-state index in [-0.39, 0.29) is 5.69 Å². The van der Waals surface area contributed by atoms with Crippen LogP contribution in [0.3, 0.4) is 0 Å². The molecule has 0 aromatic heterocycles. The maximum absolute atomic E-state index is 12.7. The Morgan fingerprint density at radius 2 is 1.94 bits per heavy atom. The Morgan fingerprint density at radius 3 is 2.53 bits per heavy atom. The van der Waals surface area contributed by atoms with Gasteiger partial charge in [0.05, 0.1) is 5.56 Å². The molecule has 1 aromatic carbocycles. The van der Waals surface area contributed by atoms with Gasteiger partial charge in [0, 0.05) is 17.1 Å². The number of para-hydroxylation sites is 1. The van der Waals surface area contributed by atoms with E-state index in [2.05, 4.69) is 21.2 Å². The Kier molecular flexibility index (Phi) is 5.31. The van der Waals surface area contributed by atoms with Crippen molar-refractivity contribution in [3.8, 4) is 0 Å². The van der Waals surface area contributed by atoms with Crippen LogP contribution in [0.5, 0.6) is 0 Å². The van der Waals surface area contributed by atoms with Gasteiger partial charge in [-0.1, -0.05) is 35.0 Å². The van der Waals surface area contributed by atoms with Crippen LogP contribution in [0.2, 0.25) is 0 Å². The summed E-state index contributed by atoms with van der Waals surface area (Å²) in [4.78, 5) is 0.341. The lowest BCUT2D eigenvalue weighted by Gasteiger charge is -2.15. The van der Waals surface area contributed by atoms with Crippen molar-refractivity contribution in [1.29, 1.82) is 0 Å². The van der Waals surface area contributed by atoms with Crippen molar-refractivity contribution in [3.63, 3.8) is 0 Å². The molecule has 0 spiro atoms. The quantitative estimate of drug-likeness (QED) is 0.779. The van der Waals surface area contributed by atoms with Crippen molar-refractivity contribution in [2.45, 2.75) is 30.8 Å². The first-order chi connectivity index (χ1) is 7.95. The summed E-state index contributed by atoms with van der Waals surface area (Å²) in [6.45, 7) is 2.56. The lowest BCUT2D eigenvalue weighted by molar-refractivity contribution is -0.136. The van der Waals surface area contributed by atoms with E-state index in [4.69, 9.17) is 0 Å². The van der Waals surface area contributed by atoms with Crippen molar-refractivity contribution in [2.24, 2.45) is 0 Å². The molecule has 0 aliphatic rings. The molecule has 0 saturated heterocycles. The van der Waals surface area contributed by atoms with Gasteiger partial charge in [0.2, 0.25) is 0 Å². The average Bonchev–Trinajstić information content (AvgIpc) is 2.28. The predicted molar refractivity (Wildman–Crippen MR) is 67.6 cm³/mol. The van der Waals surface area contributed by atoms with E-state index in [1.165, 1.54) is 12.1 Å². The minimum atomic E-state index is -4.30. The molecule has 1 rings (SSSR count). The molecular weight excluding hydrogens is 295 g/mol. The van der Waals surface area contributed by atoms with Gasteiger partial charge in [0.25, 0.3) is 0 Å². The Morgan fingerprint density at radius 1 is 1.29 bits per heavy atom. The monoisotopic (exact) mass is 309 g/mol. The summed E-state index contributed by atoms with van der Waals surface area (Å²) < 4.78 is 38.0. The number of halogens is 4. The molecule has 0 fully saturated rings. The van der Waals surface area contributed by atoms with Gasteiger partial charge in [0.1, 0.15) is 0 Å². The highest BCUT2D eigenvalue weighted by molar-refractivity contribution is 9.09. The van der Waals surface area contributed by atoms with Crippen LogP contribution in [0.15, 0.2) is 24.3 Å². The van der Waals surface area contributed by atoms with E-state index < -0.39 is 11.7 Å². The van der Waals surface area contributed by atoms with Crippen LogP contribution in [-0.2, 0) is 6.18 Å². The van der Waals surface area contributed by atoms with Crippen molar-refractivity contribution in [1.82, 2.24) is 0 Å². The first-order valence-electron chi connectivity index (χ1n) is 5.49. The smallest absolute Gasteiger partial charge is 0.385 e. The maximum atomic E-state index is 12.7. The first-order valence-corrected chi connectivity index (χ1v) is 6.41. The van der Waals surface area contributed by atoms with E-state index in [9.17, 15) is 13.2 Å². The summed E-state index contributed by atoms with van der Waals surface area (Å²) in [7, 11) is 0. The van der Waals surface area contributed by atoms with Crippen LogP contribution in [0.25, 0.3) is 0 Å². The Hall–Kier alpha value is -0.710. The van der Waals surface area contributed by atoms with Crippen LogP contribution in [0, 0.1) is 0 Å². The van der Waals surface area contributed by atoms with Gasteiger partial charge in [-0.25, -0.2) is 0 Å². The number of hydrogen-bond acceptors (Lipinski definition) is 1. The SMILES string of the molecule is CCC(Br)CCNc1ccccc1C(F)(F)F. The zero-order valence-electron chi connectivity index (χ0n) is 9.52. The largest absolute Gasteiger partial charge is 0.418 e. The molecule has 0 heterocycles. The minimum Gasteiger partial charge on any atom is -0.385 e. The van der Waals surface area contributed by atoms with E-state index in [1.54, 1.807) is 6.07 Å². The summed E-state index contributed by atoms with van der Waals surface area (Å²) >= 11 is 3.45.